The lowest BCUT2D eigenvalue weighted by Crippen LogP contribution is -2.45. The van der Waals surface area contributed by atoms with E-state index in [-0.39, 0.29) is 31.5 Å². The van der Waals surface area contributed by atoms with Crippen molar-refractivity contribution in [3.05, 3.63) is 34.4 Å². The summed E-state index contributed by atoms with van der Waals surface area (Å²) in [7, 11) is 0. The second kappa shape index (κ2) is 6.47. The number of fused-ring (bicyclic) bond motifs is 1. The molecule has 25 heavy (non-hydrogen) atoms. The predicted molar refractivity (Wildman–Crippen MR) is 90.1 cm³/mol. The SMILES string of the molecule is O=C(CN1C(=O)COc2cc(Br)ccc21)NCc1nc(C2CC2)no1. The highest BCUT2D eigenvalue weighted by atomic mass is 79.9. The van der Waals surface area contributed by atoms with Crippen molar-refractivity contribution in [2.45, 2.75) is 25.3 Å². The summed E-state index contributed by atoms with van der Waals surface area (Å²) in [6, 6.07) is 5.30. The van der Waals surface area contributed by atoms with E-state index >= 15 is 0 Å². The standard InChI is InChI=1S/C16H15BrN4O4/c17-10-3-4-11-12(5-10)24-8-15(23)21(11)7-13(22)18-6-14-19-16(20-25-14)9-1-2-9/h3-5,9H,1-2,6-8H2,(H,18,22). The molecule has 1 fully saturated rings. The van der Waals surface area contributed by atoms with Crippen molar-refractivity contribution < 1.29 is 18.8 Å². The summed E-state index contributed by atoms with van der Waals surface area (Å²) in [5.74, 6) is 1.46. The summed E-state index contributed by atoms with van der Waals surface area (Å²) in [4.78, 5) is 30.0. The first kappa shape index (κ1) is 16.1. The molecule has 0 spiro atoms. The van der Waals surface area contributed by atoms with Gasteiger partial charge in [0.05, 0.1) is 12.2 Å². The second-order valence-corrected chi connectivity index (χ2v) is 6.89. The smallest absolute Gasteiger partial charge is 0.265 e. The lowest BCUT2D eigenvalue weighted by atomic mass is 10.2. The van der Waals surface area contributed by atoms with E-state index < -0.39 is 0 Å². The number of anilines is 1. The monoisotopic (exact) mass is 406 g/mol. The number of carbonyl (C=O) groups excluding carboxylic acids is 2. The van der Waals surface area contributed by atoms with Gasteiger partial charge in [0.25, 0.3) is 5.91 Å². The van der Waals surface area contributed by atoms with Gasteiger partial charge < -0.3 is 14.6 Å². The van der Waals surface area contributed by atoms with Crippen LogP contribution in [0.1, 0.15) is 30.5 Å². The molecule has 1 aromatic carbocycles. The number of hydrogen-bond donors (Lipinski definition) is 1. The third kappa shape index (κ3) is 3.51. The second-order valence-electron chi connectivity index (χ2n) is 5.98. The molecule has 0 atom stereocenters. The third-order valence-electron chi connectivity index (χ3n) is 4.03. The molecule has 2 amide bonds. The molecule has 0 bridgehead atoms. The van der Waals surface area contributed by atoms with Crippen molar-refractivity contribution in [2.24, 2.45) is 0 Å². The van der Waals surface area contributed by atoms with Crippen LogP contribution in [-0.4, -0.2) is 35.1 Å². The van der Waals surface area contributed by atoms with Crippen LogP contribution in [0.2, 0.25) is 0 Å². The first-order valence-electron chi connectivity index (χ1n) is 7.92. The van der Waals surface area contributed by atoms with E-state index in [0.717, 1.165) is 17.3 Å². The van der Waals surface area contributed by atoms with E-state index in [2.05, 4.69) is 31.4 Å². The Balaban J connectivity index is 1.39. The number of aromatic nitrogens is 2. The Hall–Kier alpha value is -2.42. The number of ether oxygens (including phenoxy) is 1. The average Bonchev–Trinajstić information content (AvgIpc) is 3.34. The number of nitrogens with zero attached hydrogens (tertiary/aromatic N) is 3. The van der Waals surface area contributed by atoms with E-state index in [1.165, 1.54) is 4.90 Å². The van der Waals surface area contributed by atoms with Crippen molar-refractivity contribution in [1.29, 1.82) is 0 Å². The molecule has 0 unspecified atom stereocenters. The van der Waals surface area contributed by atoms with Gasteiger partial charge >= 0.3 is 0 Å². The average molecular weight is 407 g/mol. The van der Waals surface area contributed by atoms with E-state index in [1.807, 2.05) is 0 Å². The van der Waals surface area contributed by atoms with Gasteiger partial charge in [0.15, 0.2) is 12.4 Å². The van der Waals surface area contributed by atoms with Crippen molar-refractivity contribution in [1.82, 2.24) is 15.5 Å². The molecule has 8 nitrogen and oxygen atoms in total. The maximum Gasteiger partial charge on any atom is 0.265 e. The molecule has 9 heteroatoms. The van der Waals surface area contributed by atoms with Crippen LogP contribution in [0.25, 0.3) is 0 Å². The van der Waals surface area contributed by atoms with Crippen LogP contribution < -0.4 is 15.0 Å². The predicted octanol–water partition coefficient (Wildman–Crippen LogP) is 1.75. The van der Waals surface area contributed by atoms with Gasteiger partial charge in [-0.15, -0.1) is 0 Å². The van der Waals surface area contributed by atoms with Gasteiger partial charge in [-0.25, -0.2) is 0 Å². The maximum atomic E-state index is 12.2. The van der Waals surface area contributed by atoms with Gasteiger partial charge in [0.1, 0.15) is 12.3 Å². The molecule has 1 aliphatic heterocycles. The molecule has 1 aliphatic carbocycles. The summed E-state index contributed by atoms with van der Waals surface area (Å²) in [6.45, 7) is -0.0458. The molecule has 0 saturated heterocycles. The van der Waals surface area contributed by atoms with Crippen molar-refractivity contribution in [3.63, 3.8) is 0 Å². The molecule has 130 valence electrons. The Bertz CT molecular complexity index is 833. The highest BCUT2D eigenvalue weighted by Gasteiger charge is 2.29. The van der Waals surface area contributed by atoms with Crippen molar-refractivity contribution in [3.8, 4) is 5.75 Å². The fourth-order valence-electron chi connectivity index (χ4n) is 2.57. The lowest BCUT2D eigenvalue weighted by molar-refractivity contribution is -0.125. The zero-order chi connectivity index (χ0) is 17.4. The van der Waals surface area contributed by atoms with Crippen LogP contribution in [-0.2, 0) is 16.1 Å². The minimum atomic E-state index is -0.310. The summed E-state index contributed by atoms with van der Waals surface area (Å²) < 4.78 is 11.4. The highest BCUT2D eigenvalue weighted by molar-refractivity contribution is 9.10. The van der Waals surface area contributed by atoms with E-state index in [1.54, 1.807) is 18.2 Å². The Kier molecular flexibility index (Phi) is 4.16. The van der Waals surface area contributed by atoms with E-state index in [9.17, 15) is 9.59 Å². The minimum Gasteiger partial charge on any atom is -0.482 e. The van der Waals surface area contributed by atoms with Crippen molar-refractivity contribution in [2.75, 3.05) is 18.1 Å². The van der Waals surface area contributed by atoms with Gasteiger partial charge in [0.2, 0.25) is 11.8 Å². The molecule has 1 saturated carbocycles. The number of carbonyl (C=O) groups is 2. The minimum absolute atomic E-state index is 0.0921. The van der Waals surface area contributed by atoms with Crippen LogP contribution >= 0.6 is 15.9 Å². The molecule has 2 heterocycles. The normalized spacial score (nSPS) is 16.4. The molecular weight excluding hydrogens is 392 g/mol. The highest BCUT2D eigenvalue weighted by Crippen LogP contribution is 2.38. The molecule has 4 rings (SSSR count). The Morgan fingerprint density at radius 2 is 2.24 bits per heavy atom. The summed E-state index contributed by atoms with van der Waals surface area (Å²) in [5.41, 5.74) is 0.573. The Morgan fingerprint density at radius 3 is 3.04 bits per heavy atom. The molecule has 0 radical (unpaired) electrons. The van der Waals surface area contributed by atoms with Gasteiger partial charge in [-0.1, -0.05) is 21.1 Å². The molecule has 2 aliphatic rings. The van der Waals surface area contributed by atoms with E-state index in [0.29, 0.717) is 29.1 Å². The first-order chi connectivity index (χ1) is 12.1. The van der Waals surface area contributed by atoms with Crippen LogP contribution in [0.5, 0.6) is 5.75 Å². The zero-order valence-electron chi connectivity index (χ0n) is 13.2. The van der Waals surface area contributed by atoms with Gasteiger partial charge in [0, 0.05) is 10.4 Å². The Morgan fingerprint density at radius 1 is 1.40 bits per heavy atom. The molecular formula is C16H15BrN4O4. The van der Waals surface area contributed by atoms with Gasteiger partial charge in [-0.3, -0.25) is 14.5 Å². The zero-order valence-corrected chi connectivity index (χ0v) is 14.8. The largest absolute Gasteiger partial charge is 0.482 e. The molecule has 1 aromatic heterocycles. The van der Waals surface area contributed by atoms with Crippen LogP contribution in [0, 0.1) is 0 Å². The number of halogens is 1. The van der Waals surface area contributed by atoms with Crippen LogP contribution in [0.4, 0.5) is 5.69 Å². The van der Waals surface area contributed by atoms with Crippen molar-refractivity contribution >= 4 is 33.4 Å². The number of rotatable bonds is 5. The summed E-state index contributed by atoms with van der Waals surface area (Å²) in [5, 5.41) is 6.60. The summed E-state index contributed by atoms with van der Waals surface area (Å²) in [6.07, 6.45) is 2.17. The fraction of sp³-hybridized carbons (Fsp3) is 0.375. The van der Waals surface area contributed by atoms with E-state index in [4.69, 9.17) is 9.26 Å². The molecule has 1 N–H and O–H groups in total. The van der Waals surface area contributed by atoms with Crippen LogP contribution in [0.3, 0.4) is 0 Å². The maximum absolute atomic E-state index is 12.2. The third-order valence-corrected chi connectivity index (χ3v) is 4.52. The number of hydrogen-bond acceptors (Lipinski definition) is 6. The first-order valence-corrected chi connectivity index (χ1v) is 8.71. The Labute approximate surface area is 151 Å². The number of amides is 2. The van der Waals surface area contributed by atoms with Gasteiger partial charge in [-0.2, -0.15) is 4.98 Å². The lowest BCUT2D eigenvalue weighted by Gasteiger charge is -2.28. The fourth-order valence-corrected chi connectivity index (χ4v) is 2.91. The summed E-state index contributed by atoms with van der Waals surface area (Å²) >= 11 is 3.36. The van der Waals surface area contributed by atoms with Gasteiger partial charge in [-0.05, 0) is 31.0 Å². The quantitative estimate of drug-likeness (QED) is 0.811. The number of nitrogens with one attached hydrogen (secondary N) is 1. The number of benzene rings is 1. The van der Waals surface area contributed by atoms with Crippen LogP contribution in [0.15, 0.2) is 27.2 Å². The topological polar surface area (TPSA) is 97.6 Å². The molecule has 2 aromatic rings.